The van der Waals surface area contributed by atoms with Crippen LogP contribution in [-0.4, -0.2) is 13.1 Å². The molecule has 2 N–H and O–H groups in total. The minimum absolute atomic E-state index is 0.227. The summed E-state index contributed by atoms with van der Waals surface area (Å²) in [4.78, 5) is 2.42. The van der Waals surface area contributed by atoms with Crippen LogP contribution in [0, 0.1) is 0 Å². The number of para-hydroxylation sites is 1. The number of fused-ring (bicyclic) bond motifs is 1. The molecular weight excluding hydrogens is 316 g/mol. The second-order valence-corrected chi connectivity index (χ2v) is 6.08. The summed E-state index contributed by atoms with van der Waals surface area (Å²) in [5.74, 6) is 1.51. The van der Waals surface area contributed by atoms with E-state index < -0.39 is 0 Å². The van der Waals surface area contributed by atoms with E-state index in [4.69, 9.17) is 10.2 Å². The summed E-state index contributed by atoms with van der Waals surface area (Å²) in [5.41, 5.74) is 8.48. The van der Waals surface area contributed by atoms with Gasteiger partial charge >= 0.3 is 0 Å². The van der Waals surface area contributed by atoms with Crippen molar-refractivity contribution in [2.45, 2.75) is 25.3 Å². The molecule has 3 rings (SSSR count). The van der Waals surface area contributed by atoms with Crippen LogP contribution in [-0.2, 0) is 0 Å². The molecule has 0 fully saturated rings. The first-order chi connectivity index (χ1) is 9.70. The fourth-order valence-corrected chi connectivity index (χ4v) is 3.37. The Kier molecular flexibility index (Phi) is 3.85. The molecule has 0 aliphatic carbocycles. The van der Waals surface area contributed by atoms with Crippen LogP contribution >= 0.6 is 15.9 Å². The number of benzene rings is 1. The molecule has 0 saturated heterocycles. The van der Waals surface area contributed by atoms with Crippen LogP contribution < -0.4 is 10.6 Å². The van der Waals surface area contributed by atoms with Gasteiger partial charge in [0.2, 0.25) is 0 Å². The molecule has 1 aliphatic rings. The first-order valence-electron chi connectivity index (χ1n) is 7.01. The Labute approximate surface area is 127 Å². The number of nitrogens with two attached hydrogens (primary N) is 1. The smallest absolute Gasteiger partial charge is 0.169 e. The molecule has 1 aromatic heterocycles. The maximum atomic E-state index is 5.76. The fraction of sp³-hybridized carbons (Fsp3) is 0.375. The van der Waals surface area contributed by atoms with Crippen molar-refractivity contribution in [2.75, 3.05) is 18.0 Å². The Balaban J connectivity index is 1.91. The van der Waals surface area contributed by atoms with E-state index in [1.807, 2.05) is 12.1 Å². The first kappa shape index (κ1) is 13.7. The summed E-state index contributed by atoms with van der Waals surface area (Å²) in [5, 5.41) is 0. The number of hydrogen-bond acceptors (Lipinski definition) is 3. The number of nitrogens with zero attached hydrogens (tertiary/aromatic N) is 1. The minimum atomic E-state index is 0.227. The van der Waals surface area contributed by atoms with Gasteiger partial charge in [-0.3, -0.25) is 0 Å². The molecule has 2 heterocycles. The molecule has 0 radical (unpaired) electrons. The zero-order valence-electron chi connectivity index (χ0n) is 11.6. The van der Waals surface area contributed by atoms with Crippen molar-refractivity contribution < 1.29 is 4.42 Å². The van der Waals surface area contributed by atoms with Crippen molar-refractivity contribution in [3.8, 4) is 0 Å². The molecule has 0 saturated carbocycles. The highest BCUT2D eigenvalue weighted by Crippen LogP contribution is 2.42. The van der Waals surface area contributed by atoms with Crippen molar-refractivity contribution >= 4 is 21.6 Å². The fourth-order valence-electron chi connectivity index (χ4n) is 3.05. The van der Waals surface area contributed by atoms with E-state index in [-0.39, 0.29) is 6.04 Å². The monoisotopic (exact) mass is 334 g/mol. The van der Waals surface area contributed by atoms with Crippen LogP contribution in [0.1, 0.15) is 36.6 Å². The van der Waals surface area contributed by atoms with E-state index >= 15 is 0 Å². The van der Waals surface area contributed by atoms with Gasteiger partial charge in [0.1, 0.15) is 5.76 Å². The van der Waals surface area contributed by atoms with Gasteiger partial charge in [-0.1, -0.05) is 18.2 Å². The molecule has 0 amide bonds. The lowest BCUT2D eigenvalue weighted by Gasteiger charge is -2.26. The summed E-state index contributed by atoms with van der Waals surface area (Å²) in [7, 11) is 0. The summed E-state index contributed by atoms with van der Waals surface area (Å²) >= 11 is 3.38. The first-order valence-corrected chi connectivity index (χ1v) is 7.81. The van der Waals surface area contributed by atoms with E-state index in [9.17, 15) is 0 Å². The highest BCUT2D eigenvalue weighted by molar-refractivity contribution is 9.10. The quantitative estimate of drug-likeness (QED) is 0.916. The van der Waals surface area contributed by atoms with E-state index in [1.54, 1.807) is 0 Å². The molecular formula is C16H19BrN2O. The highest BCUT2D eigenvalue weighted by Gasteiger charge is 2.31. The maximum absolute atomic E-state index is 5.76. The van der Waals surface area contributed by atoms with Crippen LogP contribution in [0.15, 0.2) is 45.5 Å². The predicted octanol–water partition coefficient (Wildman–Crippen LogP) is 4.06. The third-order valence-electron chi connectivity index (χ3n) is 4.09. The molecule has 0 bridgehead atoms. The van der Waals surface area contributed by atoms with Crippen LogP contribution in [0.25, 0.3) is 0 Å². The van der Waals surface area contributed by atoms with Gasteiger partial charge in [0.15, 0.2) is 4.67 Å². The third kappa shape index (κ3) is 2.38. The summed E-state index contributed by atoms with van der Waals surface area (Å²) < 4.78 is 6.50. The number of halogens is 1. The van der Waals surface area contributed by atoms with Gasteiger partial charge in [0, 0.05) is 18.2 Å². The lowest BCUT2D eigenvalue weighted by molar-refractivity contribution is 0.445. The van der Waals surface area contributed by atoms with E-state index in [1.165, 1.54) is 11.3 Å². The Hall–Kier alpha value is -1.26. The van der Waals surface area contributed by atoms with Gasteiger partial charge in [-0.05, 0) is 59.6 Å². The second-order valence-electron chi connectivity index (χ2n) is 5.30. The van der Waals surface area contributed by atoms with Crippen LogP contribution in [0.4, 0.5) is 5.69 Å². The predicted molar refractivity (Wildman–Crippen MR) is 85.0 cm³/mol. The maximum Gasteiger partial charge on any atom is 0.169 e. The second kappa shape index (κ2) is 5.62. The van der Waals surface area contributed by atoms with Crippen molar-refractivity contribution in [2.24, 2.45) is 5.73 Å². The molecule has 20 heavy (non-hydrogen) atoms. The molecule has 1 aliphatic heterocycles. The molecule has 3 nitrogen and oxygen atoms in total. The highest BCUT2D eigenvalue weighted by atomic mass is 79.9. The number of hydrogen-bond donors (Lipinski definition) is 1. The molecule has 2 atom stereocenters. The van der Waals surface area contributed by atoms with Gasteiger partial charge in [0.05, 0.1) is 6.04 Å². The van der Waals surface area contributed by atoms with Crippen LogP contribution in [0.5, 0.6) is 0 Å². The number of rotatable bonds is 4. The van der Waals surface area contributed by atoms with E-state index in [0.29, 0.717) is 5.92 Å². The third-order valence-corrected chi connectivity index (χ3v) is 4.52. The molecule has 4 heteroatoms. The largest absolute Gasteiger partial charge is 0.452 e. The van der Waals surface area contributed by atoms with Crippen molar-refractivity contribution in [3.63, 3.8) is 0 Å². The Bertz CT molecular complexity index is 596. The summed E-state index contributed by atoms with van der Waals surface area (Å²) in [6.45, 7) is 3.93. The Morgan fingerprint density at radius 1 is 1.35 bits per heavy atom. The Morgan fingerprint density at radius 3 is 2.85 bits per heavy atom. The van der Waals surface area contributed by atoms with Gasteiger partial charge in [0.25, 0.3) is 0 Å². The molecule has 106 valence electrons. The van der Waals surface area contributed by atoms with Gasteiger partial charge in [-0.25, -0.2) is 0 Å². The summed E-state index contributed by atoms with van der Waals surface area (Å²) in [6.07, 6.45) is 1.03. The zero-order chi connectivity index (χ0) is 14.1. The van der Waals surface area contributed by atoms with Crippen molar-refractivity contribution in [3.05, 3.63) is 52.4 Å². The van der Waals surface area contributed by atoms with Crippen molar-refractivity contribution in [1.82, 2.24) is 0 Å². The van der Waals surface area contributed by atoms with Crippen molar-refractivity contribution in [1.29, 1.82) is 0 Å². The standard InChI is InChI=1S/C16H19BrN2O/c1-11(15-6-7-16(17)20-15)19-10-12(8-9-18)13-4-2-3-5-14(13)19/h2-7,11-12H,8-10,18H2,1H3. The van der Waals surface area contributed by atoms with E-state index in [0.717, 1.165) is 29.9 Å². The zero-order valence-corrected chi connectivity index (χ0v) is 13.1. The SMILES string of the molecule is CC(c1ccc(Br)o1)N1CC(CCN)c2ccccc21. The van der Waals surface area contributed by atoms with Gasteiger partial charge in [-0.15, -0.1) is 0 Å². The summed E-state index contributed by atoms with van der Waals surface area (Å²) in [6, 6.07) is 12.8. The normalized spacial score (nSPS) is 19.1. The van der Waals surface area contributed by atoms with E-state index in [2.05, 4.69) is 52.0 Å². The average molecular weight is 335 g/mol. The average Bonchev–Trinajstić information content (AvgIpc) is 3.04. The van der Waals surface area contributed by atoms with Crippen LogP contribution in [0.2, 0.25) is 0 Å². The van der Waals surface area contributed by atoms with Gasteiger partial charge in [-0.2, -0.15) is 0 Å². The number of furan rings is 1. The molecule has 0 spiro atoms. The van der Waals surface area contributed by atoms with Gasteiger partial charge < -0.3 is 15.1 Å². The molecule has 2 unspecified atom stereocenters. The molecule has 1 aromatic carbocycles. The molecule has 2 aromatic rings. The number of anilines is 1. The topological polar surface area (TPSA) is 42.4 Å². The van der Waals surface area contributed by atoms with Crippen LogP contribution in [0.3, 0.4) is 0 Å². The lowest BCUT2D eigenvalue weighted by atomic mass is 9.98. The lowest BCUT2D eigenvalue weighted by Crippen LogP contribution is -2.25. The minimum Gasteiger partial charge on any atom is -0.452 e. The Morgan fingerprint density at radius 2 is 2.15 bits per heavy atom.